The van der Waals surface area contributed by atoms with Gasteiger partial charge in [-0.05, 0) is 30.5 Å². The smallest absolute Gasteiger partial charge is 0.315 e. The van der Waals surface area contributed by atoms with Crippen LogP contribution in [0.1, 0.15) is 35.2 Å². The summed E-state index contributed by atoms with van der Waals surface area (Å²) in [7, 11) is 0. The van der Waals surface area contributed by atoms with Crippen LogP contribution in [0.3, 0.4) is 0 Å². The fourth-order valence-electron chi connectivity index (χ4n) is 3.27. The zero-order valence-corrected chi connectivity index (χ0v) is 13.5. The minimum absolute atomic E-state index is 0.0809. The molecule has 2 aliphatic heterocycles. The van der Waals surface area contributed by atoms with Crippen LogP contribution in [-0.2, 0) is 16.0 Å². The summed E-state index contributed by atoms with van der Waals surface area (Å²) >= 11 is 0. The molecule has 3 rings (SSSR count). The van der Waals surface area contributed by atoms with E-state index < -0.39 is 5.91 Å². The Morgan fingerprint density at radius 1 is 1.33 bits per heavy atom. The van der Waals surface area contributed by atoms with Gasteiger partial charge in [-0.25, -0.2) is 4.79 Å². The standard InChI is InChI=1S/C17H23N3O4/c18-15(21)13-3-1-2-12(8-13)10-19-16(22)20-14-4-6-24-17(9-14)5-7-23-11-17/h1-3,8,14H,4-7,9-11H2,(H2,18,21)(H2,19,20,22). The van der Waals surface area contributed by atoms with E-state index in [9.17, 15) is 9.59 Å². The fourth-order valence-corrected chi connectivity index (χ4v) is 3.27. The first-order valence-electron chi connectivity index (χ1n) is 8.21. The first kappa shape index (κ1) is 16.7. The summed E-state index contributed by atoms with van der Waals surface area (Å²) in [5.41, 5.74) is 6.29. The van der Waals surface area contributed by atoms with Crippen molar-refractivity contribution >= 4 is 11.9 Å². The molecule has 7 heteroatoms. The van der Waals surface area contributed by atoms with Gasteiger partial charge >= 0.3 is 6.03 Å². The molecule has 130 valence electrons. The maximum Gasteiger partial charge on any atom is 0.315 e. The zero-order valence-electron chi connectivity index (χ0n) is 13.5. The lowest BCUT2D eigenvalue weighted by atomic mass is 9.90. The van der Waals surface area contributed by atoms with Gasteiger partial charge in [-0.1, -0.05) is 12.1 Å². The fraction of sp³-hybridized carbons (Fsp3) is 0.529. The number of carbonyl (C=O) groups is 2. The van der Waals surface area contributed by atoms with E-state index in [1.165, 1.54) is 0 Å². The zero-order chi connectivity index (χ0) is 17.0. The molecule has 2 saturated heterocycles. The predicted octanol–water partition coefficient (Wildman–Crippen LogP) is 0.923. The summed E-state index contributed by atoms with van der Waals surface area (Å²) in [6.45, 7) is 2.29. The highest BCUT2D eigenvalue weighted by Crippen LogP contribution is 2.32. The number of hydrogen-bond acceptors (Lipinski definition) is 4. The van der Waals surface area contributed by atoms with Crippen LogP contribution in [0.5, 0.6) is 0 Å². The molecule has 7 nitrogen and oxygen atoms in total. The van der Waals surface area contributed by atoms with Gasteiger partial charge in [-0.3, -0.25) is 4.79 Å². The van der Waals surface area contributed by atoms with Gasteiger partial charge in [0.1, 0.15) is 0 Å². The Hall–Kier alpha value is -2.12. The molecule has 2 fully saturated rings. The Kier molecular flexibility index (Phi) is 5.01. The van der Waals surface area contributed by atoms with E-state index in [0.717, 1.165) is 31.4 Å². The number of carbonyl (C=O) groups excluding carboxylic acids is 2. The number of hydrogen-bond donors (Lipinski definition) is 3. The highest BCUT2D eigenvalue weighted by molar-refractivity contribution is 5.92. The summed E-state index contributed by atoms with van der Waals surface area (Å²) in [5, 5.41) is 5.82. The third kappa shape index (κ3) is 4.04. The summed E-state index contributed by atoms with van der Waals surface area (Å²) in [4.78, 5) is 23.3. The molecule has 2 heterocycles. The molecule has 0 aromatic heterocycles. The highest BCUT2D eigenvalue weighted by atomic mass is 16.6. The van der Waals surface area contributed by atoms with E-state index in [1.807, 2.05) is 6.07 Å². The van der Waals surface area contributed by atoms with Gasteiger partial charge in [-0.2, -0.15) is 0 Å². The van der Waals surface area contributed by atoms with Crippen LogP contribution in [0.4, 0.5) is 4.79 Å². The van der Waals surface area contributed by atoms with Gasteiger partial charge in [0.15, 0.2) is 0 Å². The van der Waals surface area contributed by atoms with Crippen LogP contribution in [0, 0.1) is 0 Å². The Morgan fingerprint density at radius 2 is 2.21 bits per heavy atom. The molecule has 2 aliphatic rings. The van der Waals surface area contributed by atoms with Crippen molar-refractivity contribution in [3.05, 3.63) is 35.4 Å². The van der Waals surface area contributed by atoms with Gasteiger partial charge in [-0.15, -0.1) is 0 Å². The van der Waals surface area contributed by atoms with Gasteiger partial charge in [0.2, 0.25) is 5.91 Å². The lowest BCUT2D eigenvalue weighted by molar-refractivity contribution is -0.0878. The van der Waals surface area contributed by atoms with Gasteiger partial charge < -0.3 is 25.8 Å². The van der Waals surface area contributed by atoms with E-state index in [4.69, 9.17) is 15.2 Å². The van der Waals surface area contributed by atoms with Crippen LogP contribution in [0.25, 0.3) is 0 Å². The number of amides is 3. The normalized spacial score (nSPS) is 26.2. The highest BCUT2D eigenvalue weighted by Gasteiger charge is 2.41. The average molecular weight is 333 g/mol. The van der Waals surface area contributed by atoms with Gasteiger partial charge in [0.05, 0.1) is 12.2 Å². The van der Waals surface area contributed by atoms with Gasteiger partial charge in [0, 0.05) is 37.8 Å². The molecule has 0 aliphatic carbocycles. The largest absolute Gasteiger partial charge is 0.378 e. The van der Waals surface area contributed by atoms with Crippen LogP contribution in [0.15, 0.2) is 24.3 Å². The van der Waals surface area contributed by atoms with Crippen molar-refractivity contribution in [2.45, 2.75) is 37.5 Å². The lowest BCUT2D eigenvalue weighted by Gasteiger charge is -2.37. The van der Waals surface area contributed by atoms with Crippen molar-refractivity contribution in [2.24, 2.45) is 5.73 Å². The molecule has 2 unspecified atom stereocenters. The Balaban J connectivity index is 1.49. The Morgan fingerprint density at radius 3 is 2.96 bits per heavy atom. The molecule has 0 radical (unpaired) electrons. The second-order valence-electron chi connectivity index (χ2n) is 6.42. The van der Waals surface area contributed by atoms with E-state index in [2.05, 4.69) is 10.6 Å². The van der Waals surface area contributed by atoms with Crippen molar-refractivity contribution < 1.29 is 19.1 Å². The molecule has 4 N–H and O–H groups in total. The molecule has 0 saturated carbocycles. The summed E-state index contributed by atoms with van der Waals surface area (Å²) < 4.78 is 11.3. The predicted molar refractivity (Wildman–Crippen MR) is 87.5 cm³/mol. The third-order valence-corrected chi connectivity index (χ3v) is 4.56. The molecular formula is C17H23N3O4. The minimum atomic E-state index is -0.479. The van der Waals surface area contributed by atoms with Crippen molar-refractivity contribution in [3.8, 4) is 0 Å². The van der Waals surface area contributed by atoms with E-state index in [0.29, 0.717) is 25.3 Å². The second kappa shape index (κ2) is 7.19. The van der Waals surface area contributed by atoms with Crippen molar-refractivity contribution in [2.75, 3.05) is 19.8 Å². The molecule has 2 atom stereocenters. The molecule has 3 amide bonds. The minimum Gasteiger partial charge on any atom is -0.378 e. The maximum atomic E-state index is 12.1. The van der Waals surface area contributed by atoms with E-state index in [-0.39, 0.29) is 17.7 Å². The van der Waals surface area contributed by atoms with Crippen LogP contribution < -0.4 is 16.4 Å². The quantitative estimate of drug-likeness (QED) is 0.762. The third-order valence-electron chi connectivity index (χ3n) is 4.56. The monoisotopic (exact) mass is 333 g/mol. The topological polar surface area (TPSA) is 103 Å². The first-order chi connectivity index (χ1) is 11.6. The number of nitrogens with two attached hydrogens (primary N) is 1. The van der Waals surface area contributed by atoms with Crippen LogP contribution in [0.2, 0.25) is 0 Å². The lowest BCUT2D eigenvalue weighted by Crippen LogP contribution is -2.51. The van der Waals surface area contributed by atoms with Crippen LogP contribution >= 0.6 is 0 Å². The number of benzene rings is 1. The van der Waals surface area contributed by atoms with Crippen molar-refractivity contribution in [1.29, 1.82) is 0 Å². The Labute approximate surface area is 140 Å². The number of urea groups is 1. The second-order valence-corrected chi connectivity index (χ2v) is 6.42. The summed E-state index contributed by atoms with van der Waals surface area (Å²) in [6.07, 6.45) is 2.45. The van der Waals surface area contributed by atoms with E-state index in [1.54, 1.807) is 18.2 Å². The number of primary amides is 1. The molecular weight excluding hydrogens is 310 g/mol. The van der Waals surface area contributed by atoms with Crippen molar-refractivity contribution in [3.63, 3.8) is 0 Å². The Bertz CT molecular complexity index is 614. The number of ether oxygens (including phenoxy) is 2. The molecule has 1 spiro atoms. The number of rotatable bonds is 4. The van der Waals surface area contributed by atoms with Crippen molar-refractivity contribution in [1.82, 2.24) is 10.6 Å². The summed E-state index contributed by atoms with van der Waals surface area (Å²) in [5.74, 6) is -0.479. The SMILES string of the molecule is NC(=O)c1cccc(CNC(=O)NC2CCOC3(CCOC3)C2)c1. The summed E-state index contributed by atoms with van der Waals surface area (Å²) in [6, 6.07) is 6.78. The molecule has 0 bridgehead atoms. The van der Waals surface area contributed by atoms with Crippen LogP contribution in [-0.4, -0.2) is 43.4 Å². The van der Waals surface area contributed by atoms with Gasteiger partial charge in [0.25, 0.3) is 0 Å². The molecule has 24 heavy (non-hydrogen) atoms. The number of nitrogens with one attached hydrogen (secondary N) is 2. The molecule has 1 aromatic rings. The first-order valence-corrected chi connectivity index (χ1v) is 8.21. The molecule has 1 aromatic carbocycles. The maximum absolute atomic E-state index is 12.1. The average Bonchev–Trinajstić information content (AvgIpc) is 3.01. The van der Waals surface area contributed by atoms with E-state index >= 15 is 0 Å².